The fourth-order valence-corrected chi connectivity index (χ4v) is 3.94. The highest BCUT2D eigenvalue weighted by Crippen LogP contribution is 2.32. The zero-order valence-corrected chi connectivity index (χ0v) is 19.6. The molecule has 3 aromatic carbocycles. The zero-order valence-electron chi connectivity index (χ0n) is 19.6. The first kappa shape index (κ1) is 24.3. The van der Waals surface area contributed by atoms with Crippen LogP contribution < -0.4 is 10.2 Å². The molecule has 36 heavy (non-hydrogen) atoms. The quantitative estimate of drug-likeness (QED) is 0.247. The number of amides is 1. The number of hydrogen-bond acceptors (Lipinski definition) is 8. The molecule has 1 amide bonds. The van der Waals surface area contributed by atoms with Gasteiger partial charge in [0.15, 0.2) is 17.7 Å². The van der Waals surface area contributed by atoms with Crippen molar-refractivity contribution in [2.45, 2.75) is 13.0 Å². The summed E-state index contributed by atoms with van der Waals surface area (Å²) < 4.78 is 5.21. The largest absolute Gasteiger partial charge is 0.449 e. The molecule has 182 valence electrons. The first-order chi connectivity index (χ1) is 17.1. The Balaban J connectivity index is 1.54. The van der Waals surface area contributed by atoms with Gasteiger partial charge >= 0.3 is 5.97 Å². The number of ketones is 2. The summed E-state index contributed by atoms with van der Waals surface area (Å²) in [6.45, 7) is 1.33. The predicted octanol–water partition coefficient (Wildman–Crippen LogP) is 3.62. The van der Waals surface area contributed by atoms with Crippen molar-refractivity contribution in [1.29, 1.82) is 0 Å². The van der Waals surface area contributed by atoms with E-state index in [1.54, 1.807) is 38.4 Å². The van der Waals surface area contributed by atoms with Crippen LogP contribution in [0, 0.1) is 10.1 Å². The maximum Gasteiger partial charge on any atom is 0.339 e. The number of carbonyl (C=O) groups excluding carboxylic acids is 4. The van der Waals surface area contributed by atoms with Crippen LogP contribution in [0.3, 0.4) is 0 Å². The number of carbonyl (C=O) groups is 4. The van der Waals surface area contributed by atoms with E-state index in [0.717, 1.165) is 6.07 Å². The van der Waals surface area contributed by atoms with Crippen LogP contribution in [0.15, 0.2) is 60.7 Å². The van der Waals surface area contributed by atoms with E-state index in [1.165, 1.54) is 42.2 Å². The molecule has 0 spiro atoms. The second-order valence-corrected chi connectivity index (χ2v) is 8.32. The Bertz CT molecular complexity index is 1450. The second kappa shape index (κ2) is 9.41. The van der Waals surface area contributed by atoms with E-state index in [9.17, 15) is 29.3 Å². The van der Waals surface area contributed by atoms with Crippen molar-refractivity contribution in [2.24, 2.45) is 0 Å². The van der Waals surface area contributed by atoms with Gasteiger partial charge in [0.2, 0.25) is 0 Å². The Morgan fingerprint density at radius 1 is 0.944 bits per heavy atom. The number of benzene rings is 3. The molecule has 0 saturated carbocycles. The number of fused-ring (bicyclic) bond motifs is 2. The Labute approximate surface area is 205 Å². The number of rotatable bonds is 6. The molecular weight excluding hydrogens is 466 g/mol. The number of nitro benzene ring substituents is 1. The molecule has 1 atom stereocenters. The Kier molecular flexibility index (Phi) is 6.35. The van der Waals surface area contributed by atoms with Gasteiger partial charge in [0, 0.05) is 36.9 Å². The first-order valence-corrected chi connectivity index (χ1v) is 10.9. The molecule has 1 aliphatic carbocycles. The third kappa shape index (κ3) is 4.31. The molecule has 0 aliphatic heterocycles. The number of hydrogen-bond donors (Lipinski definition) is 1. The van der Waals surface area contributed by atoms with Crippen molar-refractivity contribution >= 4 is 40.5 Å². The summed E-state index contributed by atoms with van der Waals surface area (Å²) >= 11 is 0. The molecular formula is C26H21N3O7. The van der Waals surface area contributed by atoms with Crippen molar-refractivity contribution in [3.8, 4) is 0 Å². The third-order valence-electron chi connectivity index (χ3n) is 5.75. The first-order valence-electron chi connectivity index (χ1n) is 10.9. The van der Waals surface area contributed by atoms with E-state index < -0.39 is 28.7 Å². The van der Waals surface area contributed by atoms with Gasteiger partial charge in [-0.15, -0.1) is 0 Å². The van der Waals surface area contributed by atoms with E-state index in [4.69, 9.17) is 4.74 Å². The summed E-state index contributed by atoms with van der Waals surface area (Å²) in [6.07, 6.45) is -1.30. The lowest BCUT2D eigenvalue weighted by Gasteiger charge is -2.21. The van der Waals surface area contributed by atoms with E-state index in [0.29, 0.717) is 5.69 Å². The van der Waals surface area contributed by atoms with Gasteiger partial charge < -0.3 is 15.0 Å². The van der Waals surface area contributed by atoms with Crippen LogP contribution in [-0.2, 0) is 9.53 Å². The van der Waals surface area contributed by atoms with Crippen LogP contribution in [0.2, 0.25) is 0 Å². The minimum atomic E-state index is -1.30. The molecule has 1 unspecified atom stereocenters. The van der Waals surface area contributed by atoms with Gasteiger partial charge in [0.1, 0.15) is 5.69 Å². The monoisotopic (exact) mass is 487 g/mol. The van der Waals surface area contributed by atoms with E-state index >= 15 is 0 Å². The average Bonchev–Trinajstić information content (AvgIpc) is 2.86. The predicted molar refractivity (Wildman–Crippen MR) is 131 cm³/mol. The van der Waals surface area contributed by atoms with Gasteiger partial charge in [-0.3, -0.25) is 24.5 Å². The molecule has 0 aromatic heterocycles. The fraction of sp³-hybridized carbons (Fsp3) is 0.154. The molecule has 1 N–H and O–H groups in total. The Hall–Kier alpha value is -4.86. The smallest absolute Gasteiger partial charge is 0.339 e. The molecule has 4 rings (SSSR count). The molecule has 1 aliphatic rings. The number of nitrogens with one attached hydrogen (secondary N) is 1. The maximum absolute atomic E-state index is 13.1. The van der Waals surface area contributed by atoms with Crippen LogP contribution in [0.5, 0.6) is 0 Å². The van der Waals surface area contributed by atoms with Gasteiger partial charge in [-0.05, 0) is 25.1 Å². The van der Waals surface area contributed by atoms with E-state index in [1.807, 2.05) is 0 Å². The highest BCUT2D eigenvalue weighted by molar-refractivity contribution is 6.30. The number of nitrogens with zero attached hydrogens (tertiary/aromatic N) is 2. The fourth-order valence-electron chi connectivity index (χ4n) is 3.94. The normalized spacial score (nSPS) is 12.8. The van der Waals surface area contributed by atoms with Crippen molar-refractivity contribution in [1.82, 2.24) is 0 Å². The summed E-state index contributed by atoms with van der Waals surface area (Å²) in [7, 11) is 3.26. The van der Waals surface area contributed by atoms with Crippen LogP contribution in [0.1, 0.15) is 49.1 Å². The molecule has 0 fully saturated rings. The molecule has 10 heteroatoms. The second-order valence-electron chi connectivity index (χ2n) is 8.32. The van der Waals surface area contributed by atoms with Crippen LogP contribution >= 0.6 is 0 Å². The number of esters is 1. The van der Waals surface area contributed by atoms with Crippen molar-refractivity contribution in [3.63, 3.8) is 0 Å². The highest BCUT2D eigenvalue weighted by Gasteiger charge is 2.32. The van der Waals surface area contributed by atoms with Crippen molar-refractivity contribution in [2.75, 3.05) is 24.3 Å². The molecule has 10 nitrogen and oxygen atoms in total. The van der Waals surface area contributed by atoms with Crippen LogP contribution in [0.25, 0.3) is 0 Å². The van der Waals surface area contributed by atoms with Crippen LogP contribution in [-0.4, -0.2) is 48.6 Å². The highest BCUT2D eigenvalue weighted by atomic mass is 16.6. The topological polar surface area (TPSA) is 136 Å². The summed E-state index contributed by atoms with van der Waals surface area (Å²) in [5.74, 6) is -2.41. The minimum Gasteiger partial charge on any atom is -0.449 e. The molecule has 0 radical (unpaired) electrons. The lowest BCUT2D eigenvalue weighted by molar-refractivity contribution is -0.384. The standard InChI is InChI=1S/C26H21N3O7/c1-14(36-26(33)15-11-12-20(28(2)3)21(13-15)29(34)35)25(32)27-19-10-6-9-18-22(19)24(31)17-8-5-4-7-16(17)23(18)30/h4-14H,1-3H3,(H,27,32). The summed E-state index contributed by atoms with van der Waals surface area (Å²) in [5.41, 5.74) is 0.773. The minimum absolute atomic E-state index is 0.0583. The molecule has 0 bridgehead atoms. The van der Waals surface area contributed by atoms with Gasteiger partial charge in [-0.2, -0.15) is 0 Å². The van der Waals surface area contributed by atoms with Crippen LogP contribution in [0.4, 0.5) is 17.1 Å². The SMILES string of the molecule is CC(OC(=O)c1ccc(N(C)C)c([N+](=O)[O-])c1)C(=O)Nc1cccc2c1C(=O)c1ccccc1C2=O. The van der Waals surface area contributed by atoms with Gasteiger partial charge in [0.05, 0.1) is 21.7 Å². The van der Waals surface area contributed by atoms with Crippen molar-refractivity contribution in [3.05, 3.63) is 98.6 Å². The average molecular weight is 487 g/mol. The Morgan fingerprint density at radius 2 is 1.58 bits per heavy atom. The van der Waals surface area contributed by atoms with Gasteiger partial charge in [-0.25, -0.2) is 4.79 Å². The summed E-state index contributed by atoms with van der Waals surface area (Å²) in [6, 6.07) is 14.8. The van der Waals surface area contributed by atoms with Crippen molar-refractivity contribution < 1.29 is 28.8 Å². The zero-order chi connectivity index (χ0) is 26.1. The number of ether oxygens (including phenoxy) is 1. The van der Waals surface area contributed by atoms with E-state index in [-0.39, 0.29) is 45.0 Å². The van der Waals surface area contributed by atoms with Gasteiger partial charge in [-0.1, -0.05) is 36.4 Å². The molecule has 0 saturated heterocycles. The summed E-state index contributed by atoms with van der Waals surface area (Å²) in [5, 5.41) is 13.9. The third-order valence-corrected chi connectivity index (χ3v) is 5.75. The lowest BCUT2D eigenvalue weighted by Crippen LogP contribution is -2.31. The van der Waals surface area contributed by atoms with Gasteiger partial charge in [0.25, 0.3) is 11.6 Å². The number of anilines is 2. The Morgan fingerprint density at radius 3 is 2.22 bits per heavy atom. The summed E-state index contributed by atoms with van der Waals surface area (Å²) in [4.78, 5) is 63.7. The lowest BCUT2D eigenvalue weighted by atomic mass is 9.83. The molecule has 3 aromatic rings. The maximum atomic E-state index is 13.1. The molecule has 0 heterocycles. The van der Waals surface area contributed by atoms with E-state index in [2.05, 4.69) is 5.32 Å². The number of nitro groups is 1.